The van der Waals surface area contributed by atoms with Crippen molar-refractivity contribution in [3.63, 3.8) is 0 Å². The van der Waals surface area contributed by atoms with E-state index < -0.39 is 16.1 Å². The van der Waals surface area contributed by atoms with Gasteiger partial charge in [-0.2, -0.15) is 0 Å². The van der Waals surface area contributed by atoms with Crippen LogP contribution < -0.4 is 4.72 Å². The number of benzene rings is 2. The second-order valence-corrected chi connectivity index (χ2v) is 9.05. The maximum Gasteiger partial charge on any atom is 0.241 e. The van der Waals surface area contributed by atoms with Crippen LogP contribution in [0.15, 0.2) is 71.8 Å². The Bertz CT molecular complexity index is 1050. The monoisotopic (exact) mass is 425 g/mol. The molecule has 2 aromatic carbocycles. The first-order chi connectivity index (χ1) is 14.5. The molecule has 3 rings (SSSR count). The van der Waals surface area contributed by atoms with Crippen LogP contribution in [0, 0.1) is 0 Å². The van der Waals surface area contributed by atoms with Gasteiger partial charge in [-0.3, -0.25) is 0 Å². The molecule has 0 saturated carbocycles. The van der Waals surface area contributed by atoms with Crippen LogP contribution in [0.5, 0.6) is 0 Å². The molecule has 0 aliphatic heterocycles. The van der Waals surface area contributed by atoms with E-state index in [9.17, 15) is 13.2 Å². The molecule has 6 nitrogen and oxygen atoms in total. The van der Waals surface area contributed by atoms with Crippen LogP contribution >= 0.6 is 0 Å². The lowest BCUT2D eigenvalue weighted by atomic mass is 10.1. The molecule has 0 saturated heterocycles. The number of rotatable bonds is 11. The van der Waals surface area contributed by atoms with E-state index in [1.54, 1.807) is 43.5 Å². The molecule has 3 aromatic rings. The fraction of sp³-hybridized carbons (Fsp3) is 0.304. The van der Waals surface area contributed by atoms with E-state index in [0.717, 1.165) is 30.5 Å². The van der Waals surface area contributed by atoms with Gasteiger partial charge in [0, 0.05) is 6.42 Å². The maximum absolute atomic E-state index is 12.9. The van der Waals surface area contributed by atoms with E-state index in [1.807, 2.05) is 30.3 Å². The summed E-state index contributed by atoms with van der Waals surface area (Å²) in [6.07, 6.45) is 5.32. The lowest BCUT2D eigenvalue weighted by Crippen LogP contribution is -2.29. The number of aromatic amines is 1. The summed E-state index contributed by atoms with van der Waals surface area (Å²) >= 11 is 0. The number of unbranched alkanes of at least 4 members (excludes halogenated alkanes) is 2. The summed E-state index contributed by atoms with van der Waals surface area (Å²) < 4.78 is 28.5. The van der Waals surface area contributed by atoms with Crippen molar-refractivity contribution in [2.24, 2.45) is 0 Å². The molecule has 2 N–H and O–H groups in total. The second-order valence-electron chi connectivity index (χ2n) is 7.34. The Hall–Kier alpha value is -2.77. The number of imidazole rings is 1. The van der Waals surface area contributed by atoms with Crippen molar-refractivity contribution < 1.29 is 13.2 Å². The predicted molar refractivity (Wildman–Crippen MR) is 117 cm³/mol. The Morgan fingerprint density at radius 1 is 1.00 bits per heavy atom. The summed E-state index contributed by atoms with van der Waals surface area (Å²) in [6, 6.07) is 17.6. The Morgan fingerprint density at radius 2 is 1.67 bits per heavy atom. The van der Waals surface area contributed by atoms with Gasteiger partial charge in [0.15, 0.2) is 0 Å². The topological polar surface area (TPSA) is 91.9 Å². The molecule has 0 bridgehead atoms. The van der Waals surface area contributed by atoms with Gasteiger partial charge in [-0.1, -0.05) is 61.4 Å². The summed E-state index contributed by atoms with van der Waals surface area (Å²) in [5.74, 6) is 0.759. The van der Waals surface area contributed by atoms with E-state index in [-0.39, 0.29) is 10.7 Å². The van der Waals surface area contributed by atoms with Gasteiger partial charge >= 0.3 is 0 Å². The van der Waals surface area contributed by atoms with Gasteiger partial charge in [-0.05, 0) is 37.5 Å². The van der Waals surface area contributed by atoms with Gasteiger partial charge in [0.25, 0.3) is 0 Å². The molecule has 0 aliphatic carbocycles. The van der Waals surface area contributed by atoms with Gasteiger partial charge < -0.3 is 9.78 Å². The number of sulfonamides is 1. The van der Waals surface area contributed by atoms with Crippen LogP contribution in [0.25, 0.3) is 11.3 Å². The van der Waals surface area contributed by atoms with E-state index in [1.165, 1.54) is 0 Å². The van der Waals surface area contributed by atoms with E-state index in [0.29, 0.717) is 18.7 Å². The van der Waals surface area contributed by atoms with Crippen LogP contribution in [0.4, 0.5) is 0 Å². The molecule has 0 aliphatic rings. The number of nitrogens with one attached hydrogen (secondary N) is 2. The van der Waals surface area contributed by atoms with Crippen molar-refractivity contribution in [2.75, 3.05) is 0 Å². The standard InChI is InChI=1S/C23H27N3O3S/c1-18(27)11-5-2-10-16-21(26-30(28,29)20-14-8-4-9-15-20)23-24-17-22(25-23)19-12-6-3-7-13-19/h3-4,6-9,12-15,17,21,26H,2,5,10-11,16H2,1H3,(H,24,25)/t21-/m0/s1. The second kappa shape index (κ2) is 10.3. The highest BCUT2D eigenvalue weighted by molar-refractivity contribution is 7.89. The number of ketones is 1. The number of hydrogen-bond acceptors (Lipinski definition) is 4. The summed E-state index contributed by atoms with van der Waals surface area (Å²) in [5.41, 5.74) is 1.83. The fourth-order valence-electron chi connectivity index (χ4n) is 3.28. The zero-order valence-corrected chi connectivity index (χ0v) is 17.9. The predicted octanol–water partition coefficient (Wildman–Crippen LogP) is 4.64. The van der Waals surface area contributed by atoms with Crippen molar-refractivity contribution in [1.82, 2.24) is 14.7 Å². The van der Waals surface area contributed by atoms with Gasteiger partial charge in [0.2, 0.25) is 10.0 Å². The highest BCUT2D eigenvalue weighted by Crippen LogP contribution is 2.24. The molecule has 7 heteroatoms. The quantitative estimate of drug-likeness (QED) is 0.438. The highest BCUT2D eigenvalue weighted by Gasteiger charge is 2.23. The van der Waals surface area contributed by atoms with Crippen LogP contribution in [0.3, 0.4) is 0 Å². The molecule has 0 amide bonds. The van der Waals surface area contributed by atoms with Crippen LogP contribution in [0.2, 0.25) is 0 Å². The van der Waals surface area contributed by atoms with Crippen molar-refractivity contribution in [2.45, 2.75) is 50.0 Å². The van der Waals surface area contributed by atoms with Gasteiger partial charge in [0.1, 0.15) is 11.6 Å². The third kappa shape index (κ3) is 6.11. The minimum absolute atomic E-state index is 0.176. The molecule has 0 unspecified atom stereocenters. The molecule has 30 heavy (non-hydrogen) atoms. The Kier molecular flexibility index (Phi) is 7.54. The zero-order chi connectivity index (χ0) is 21.4. The third-order valence-corrected chi connectivity index (χ3v) is 6.37. The normalized spacial score (nSPS) is 12.6. The Morgan fingerprint density at radius 3 is 2.33 bits per heavy atom. The number of H-pyrrole nitrogens is 1. The molecule has 1 aromatic heterocycles. The molecule has 1 heterocycles. The molecule has 0 radical (unpaired) electrons. The van der Waals surface area contributed by atoms with Crippen molar-refractivity contribution >= 4 is 15.8 Å². The van der Waals surface area contributed by atoms with E-state index in [2.05, 4.69) is 14.7 Å². The molecular weight excluding hydrogens is 398 g/mol. The highest BCUT2D eigenvalue weighted by atomic mass is 32.2. The smallest absolute Gasteiger partial charge is 0.241 e. The van der Waals surface area contributed by atoms with Crippen LogP contribution in [0.1, 0.15) is 50.9 Å². The van der Waals surface area contributed by atoms with Crippen molar-refractivity contribution in [1.29, 1.82) is 0 Å². The first kappa shape index (κ1) is 21.9. The average molecular weight is 426 g/mol. The summed E-state index contributed by atoms with van der Waals surface area (Å²) in [6.45, 7) is 1.59. The van der Waals surface area contributed by atoms with Gasteiger partial charge in [0.05, 0.1) is 22.8 Å². The van der Waals surface area contributed by atoms with Crippen LogP contribution in [-0.2, 0) is 14.8 Å². The number of hydrogen-bond donors (Lipinski definition) is 2. The number of aromatic nitrogens is 2. The molecular formula is C23H27N3O3S. The number of carbonyl (C=O) groups is 1. The molecule has 0 fully saturated rings. The summed E-state index contributed by atoms with van der Waals surface area (Å²) in [4.78, 5) is 19.1. The molecule has 1 atom stereocenters. The summed E-state index contributed by atoms with van der Waals surface area (Å²) in [7, 11) is -3.68. The van der Waals surface area contributed by atoms with E-state index in [4.69, 9.17) is 0 Å². The average Bonchev–Trinajstić information content (AvgIpc) is 3.24. The first-order valence-electron chi connectivity index (χ1n) is 10.1. The minimum Gasteiger partial charge on any atom is -0.341 e. The molecule has 0 spiro atoms. The summed E-state index contributed by atoms with van der Waals surface area (Å²) in [5, 5.41) is 0. The SMILES string of the molecule is CC(=O)CCCCC[C@H](NS(=O)(=O)c1ccccc1)c1ncc(-c2ccccc2)[nH]1. The zero-order valence-electron chi connectivity index (χ0n) is 17.0. The van der Waals surface area contributed by atoms with Crippen molar-refractivity contribution in [3.05, 3.63) is 72.7 Å². The third-order valence-electron chi connectivity index (χ3n) is 4.88. The van der Waals surface area contributed by atoms with Crippen molar-refractivity contribution in [3.8, 4) is 11.3 Å². The largest absolute Gasteiger partial charge is 0.341 e. The van der Waals surface area contributed by atoms with Gasteiger partial charge in [-0.25, -0.2) is 18.1 Å². The van der Waals surface area contributed by atoms with Gasteiger partial charge in [-0.15, -0.1) is 0 Å². The Labute approximate surface area is 177 Å². The fourth-order valence-corrected chi connectivity index (χ4v) is 4.54. The molecule has 158 valence electrons. The number of nitrogens with zero attached hydrogens (tertiary/aromatic N) is 1. The number of Topliss-reactive ketones (excluding diaryl/α,β-unsaturated/α-hetero) is 1. The minimum atomic E-state index is -3.68. The van der Waals surface area contributed by atoms with E-state index >= 15 is 0 Å². The van der Waals surface area contributed by atoms with Crippen LogP contribution in [-0.4, -0.2) is 24.2 Å². The lowest BCUT2D eigenvalue weighted by Gasteiger charge is -2.17. The maximum atomic E-state index is 12.9. The first-order valence-corrected chi connectivity index (χ1v) is 11.6. The lowest BCUT2D eigenvalue weighted by molar-refractivity contribution is -0.117. The number of carbonyl (C=O) groups excluding carboxylic acids is 1. The Balaban J connectivity index is 1.77.